The molecule has 6 rings (SSSR count). The quantitative estimate of drug-likeness (QED) is 0.292. The summed E-state index contributed by atoms with van der Waals surface area (Å²) < 4.78 is 20.1. The molecule has 6 nitrogen and oxygen atoms in total. The van der Waals surface area contributed by atoms with Gasteiger partial charge in [-0.05, 0) is 106 Å². The first-order valence-electron chi connectivity index (χ1n) is 17.2. The van der Waals surface area contributed by atoms with E-state index in [1.54, 1.807) is 27.0 Å². The van der Waals surface area contributed by atoms with Gasteiger partial charge in [0, 0.05) is 30.0 Å². The number of ether oxygens (including phenoxy) is 1. The van der Waals surface area contributed by atoms with E-state index in [1.165, 1.54) is 44.6 Å². The SMILES string of the molecule is CC1CCC1.CCC(=O)C1CNC2(CCC2)C1.CCN.COc1ccc(C(C)(C)C(N)=O)cc1-c1cccc(F)c1C1CCC1. The van der Waals surface area contributed by atoms with Gasteiger partial charge in [-0.3, -0.25) is 9.59 Å². The van der Waals surface area contributed by atoms with E-state index in [0.29, 0.717) is 29.4 Å². The van der Waals surface area contributed by atoms with Crippen LogP contribution in [0.1, 0.15) is 122 Å². The summed E-state index contributed by atoms with van der Waals surface area (Å²) in [7, 11) is 1.60. The molecule has 1 amide bonds. The van der Waals surface area contributed by atoms with Crippen molar-refractivity contribution < 1.29 is 18.7 Å². The van der Waals surface area contributed by atoms with Gasteiger partial charge in [-0.25, -0.2) is 4.39 Å². The highest BCUT2D eigenvalue weighted by Crippen LogP contribution is 2.45. The van der Waals surface area contributed by atoms with E-state index in [1.807, 2.05) is 38.1 Å². The molecule has 250 valence electrons. The van der Waals surface area contributed by atoms with Crippen LogP contribution < -0.4 is 21.5 Å². The van der Waals surface area contributed by atoms with Crippen molar-refractivity contribution in [2.75, 3.05) is 20.2 Å². The fraction of sp³-hybridized carbons (Fsp3) is 0.632. The van der Waals surface area contributed by atoms with E-state index < -0.39 is 11.3 Å². The van der Waals surface area contributed by atoms with E-state index in [4.69, 9.17) is 16.2 Å². The second kappa shape index (κ2) is 16.7. The molecule has 1 unspecified atom stereocenters. The highest BCUT2D eigenvalue weighted by Gasteiger charge is 2.44. The van der Waals surface area contributed by atoms with E-state index >= 15 is 0 Å². The van der Waals surface area contributed by atoms with Crippen LogP contribution in [0, 0.1) is 17.7 Å². The van der Waals surface area contributed by atoms with E-state index in [9.17, 15) is 14.0 Å². The Morgan fingerprint density at radius 3 is 2.07 bits per heavy atom. The van der Waals surface area contributed by atoms with Gasteiger partial charge in [-0.1, -0.05) is 64.7 Å². The van der Waals surface area contributed by atoms with Crippen molar-refractivity contribution in [3.8, 4) is 16.9 Å². The number of nitrogens with two attached hydrogens (primary N) is 2. The number of rotatable bonds is 7. The molecule has 3 saturated carbocycles. The minimum atomic E-state index is -0.815. The predicted octanol–water partition coefficient (Wildman–Crippen LogP) is 7.80. The minimum absolute atomic E-state index is 0.177. The zero-order valence-corrected chi connectivity index (χ0v) is 28.6. The van der Waals surface area contributed by atoms with Gasteiger partial charge in [0.25, 0.3) is 0 Å². The molecule has 7 heteroatoms. The van der Waals surface area contributed by atoms with Crippen molar-refractivity contribution in [2.24, 2.45) is 23.3 Å². The lowest BCUT2D eigenvalue weighted by Gasteiger charge is -2.38. The Morgan fingerprint density at radius 2 is 1.64 bits per heavy atom. The minimum Gasteiger partial charge on any atom is -0.496 e. The Kier molecular flexibility index (Phi) is 13.6. The Bertz CT molecular complexity index is 1260. The molecule has 0 radical (unpaired) electrons. The molecule has 1 atom stereocenters. The summed E-state index contributed by atoms with van der Waals surface area (Å²) >= 11 is 0. The number of amides is 1. The molecule has 2 aromatic rings. The Hall–Kier alpha value is -2.77. The van der Waals surface area contributed by atoms with Crippen LogP contribution in [0.15, 0.2) is 36.4 Å². The zero-order valence-electron chi connectivity index (χ0n) is 28.6. The summed E-state index contributed by atoms with van der Waals surface area (Å²) in [5, 5.41) is 3.51. The van der Waals surface area contributed by atoms with Gasteiger partial charge in [0.15, 0.2) is 0 Å². The van der Waals surface area contributed by atoms with Gasteiger partial charge in [-0.15, -0.1) is 0 Å². The molecule has 5 N–H and O–H groups in total. The lowest BCUT2D eigenvalue weighted by atomic mass is 9.74. The molecule has 1 aliphatic heterocycles. The third-order valence-electron chi connectivity index (χ3n) is 10.3. The topological polar surface area (TPSA) is 107 Å². The van der Waals surface area contributed by atoms with Crippen molar-refractivity contribution in [1.82, 2.24) is 5.32 Å². The van der Waals surface area contributed by atoms with Gasteiger partial charge < -0.3 is 21.5 Å². The summed E-state index contributed by atoms with van der Waals surface area (Å²) in [5.41, 5.74) is 13.2. The molecule has 4 fully saturated rings. The van der Waals surface area contributed by atoms with Crippen LogP contribution in [-0.2, 0) is 15.0 Å². The van der Waals surface area contributed by atoms with Gasteiger partial charge in [0.05, 0.1) is 12.5 Å². The van der Waals surface area contributed by atoms with E-state index in [0.717, 1.165) is 66.9 Å². The van der Waals surface area contributed by atoms with Crippen LogP contribution >= 0.6 is 0 Å². The molecule has 2 aromatic carbocycles. The summed E-state index contributed by atoms with van der Waals surface area (Å²) in [6.07, 6.45) is 13.3. The molecule has 1 heterocycles. The Balaban J connectivity index is 0.000000225. The lowest BCUT2D eigenvalue weighted by molar-refractivity contribution is -0.123. The number of benzene rings is 2. The standard InChI is InChI=1S/C21H24FNO2.C10H17NO.C5H10.C2H7N/c1-21(2,20(23)24)14-10-11-18(25-3)16(12-14)15-8-5-9-17(22)19(15)13-6-4-7-13;1-2-9(12)8-6-10(11-7-8)4-3-5-10;1-5-3-2-4-5;1-2-3/h5,8-13H,4,6-7H2,1-3H3,(H2,23,24);8,11H,2-7H2,1H3;5H,2-4H2,1H3;2-3H2,1H3. The predicted molar refractivity (Wildman–Crippen MR) is 183 cm³/mol. The maximum Gasteiger partial charge on any atom is 0.227 e. The van der Waals surface area contributed by atoms with Crippen LogP contribution in [-0.4, -0.2) is 37.4 Å². The maximum absolute atomic E-state index is 14.6. The number of halogens is 1. The molecule has 1 saturated heterocycles. The number of carbonyl (C=O) groups is 2. The highest BCUT2D eigenvalue weighted by molar-refractivity contribution is 5.87. The number of carbonyl (C=O) groups excluding carboxylic acids is 2. The number of ketones is 1. The van der Waals surface area contributed by atoms with Crippen molar-refractivity contribution in [1.29, 1.82) is 0 Å². The van der Waals surface area contributed by atoms with Gasteiger partial charge >= 0.3 is 0 Å². The average Bonchev–Trinajstić information content (AvgIpc) is 3.43. The third-order valence-corrected chi connectivity index (χ3v) is 10.3. The fourth-order valence-electron chi connectivity index (χ4n) is 6.40. The van der Waals surface area contributed by atoms with Crippen molar-refractivity contribution in [3.63, 3.8) is 0 Å². The Labute approximate surface area is 271 Å². The van der Waals surface area contributed by atoms with Gasteiger partial charge in [0.2, 0.25) is 5.91 Å². The zero-order chi connectivity index (χ0) is 33.2. The molecular formula is C38H58FN3O3. The highest BCUT2D eigenvalue weighted by atomic mass is 19.1. The molecule has 45 heavy (non-hydrogen) atoms. The van der Waals surface area contributed by atoms with Crippen LogP contribution in [0.4, 0.5) is 4.39 Å². The smallest absolute Gasteiger partial charge is 0.227 e. The number of nitrogens with one attached hydrogen (secondary N) is 1. The molecular weight excluding hydrogens is 565 g/mol. The normalized spacial score (nSPS) is 20.0. The average molecular weight is 624 g/mol. The Morgan fingerprint density at radius 1 is 1.02 bits per heavy atom. The number of Topliss-reactive ketones (excluding diaryl/α,β-unsaturated/α-hetero) is 1. The molecule has 0 bridgehead atoms. The van der Waals surface area contributed by atoms with Crippen LogP contribution in [0.2, 0.25) is 0 Å². The summed E-state index contributed by atoms with van der Waals surface area (Å²) in [4.78, 5) is 23.2. The van der Waals surface area contributed by atoms with Crippen LogP contribution in [0.25, 0.3) is 11.1 Å². The molecule has 3 aliphatic carbocycles. The first kappa shape index (κ1) is 36.7. The molecule has 1 spiro atoms. The van der Waals surface area contributed by atoms with Crippen LogP contribution in [0.3, 0.4) is 0 Å². The summed E-state index contributed by atoms with van der Waals surface area (Å²) in [6, 6.07) is 10.7. The number of primary amides is 1. The summed E-state index contributed by atoms with van der Waals surface area (Å²) in [5.74, 6) is 2.17. The first-order valence-corrected chi connectivity index (χ1v) is 17.2. The number of hydrogen-bond acceptors (Lipinski definition) is 5. The lowest BCUT2D eigenvalue weighted by Crippen LogP contribution is -2.45. The van der Waals surface area contributed by atoms with E-state index in [-0.39, 0.29) is 11.7 Å². The van der Waals surface area contributed by atoms with Gasteiger partial charge in [-0.2, -0.15) is 0 Å². The number of methoxy groups -OCH3 is 1. The van der Waals surface area contributed by atoms with Crippen molar-refractivity contribution >= 4 is 11.7 Å². The maximum atomic E-state index is 14.6. The second-order valence-corrected chi connectivity index (χ2v) is 13.9. The van der Waals surface area contributed by atoms with Crippen LogP contribution in [0.5, 0.6) is 5.75 Å². The molecule has 0 aromatic heterocycles. The summed E-state index contributed by atoms with van der Waals surface area (Å²) in [6.45, 7) is 11.4. The van der Waals surface area contributed by atoms with Crippen molar-refractivity contribution in [3.05, 3.63) is 53.3 Å². The van der Waals surface area contributed by atoms with Gasteiger partial charge in [0.1, 0.15) is 17.3 Å². The second-order valence-electron chi connectivity index (χ2n) is 13.9. The fourth-order valence-corrected chi connectivity index (χ4v) is 6.40. The third kappa shape index (κ3) is 9.16. The van der Waals surface area contributed by atoms with E-state index in [2.05, 4.69) is 12.2 Å². The first-order chi connectivity index (χ1) is 21.4. The molecule has 4 aliphatic rings. The van der Waals surface area contributed by atoms with Crippen molar-refractivity contribution in [2.45, 2.75) is 122 Å². The largest absolute Gasteiger partial charge is 0.496 e. The monoisotopic (exact) mass is 623 g/mol. The number of hydrogen-bond donors (Lipinski definition) is 3.